The number of carbonyl (C=O) groups is 1. The van der Waals surface area contributed by atoms with Gasteiger partial charge in [0.15, 0.2) is 5.82 Å². The molecule has 0 saturated heterocycles. The van der Waals surface area contributed by atoms with Gasteiger partial charge in [-0.1, -0.05) is 23.4 Å². The number of rotatable bonds is 9. The molecule has 1 N–H and O–H groups in total. The highest BCUT2D eigenvalue weighted by atomic mass is 16.5. The Hall–Kier alpha value is -2.93. The van der Waals surface area contributed by atoms with E-state index in [2.05, 4.69) is 20.0 Å². The van der Waals surface area contributed by atoms with Gasteiger partial charge in [0, 0.05) is 50.2 Å². The van der Waals surface area contributed by atoms with Gasteiger partial charge in [0.05, 0.1) is 5.56 Å². The van der Waals surface area contributed by atoms with E-state index in [1.807, 2.05) is 50.2 Å². The molecule has 2 aromatic heterocycles. The molecule has 0 fully saturated rings. The summed E-state index contributed by atoms with van der Waals surface area (Å²) in [5, 5.41) is 6.93. The summed E-state index contributed by atoms with van der Waals surface area (Å²) >= 11 is 0. The van der Waals surface area contributed by atoms with Crippen LogP contribution in [0.4, 0.5) is 0 Å². The van der Waals surface area contributed by atoms with Gasteiger partial charge in [0.2, 0.25) is 0 Å². The molecular weight excluding hydrogens is 356 g/mol. The summed E-state index contributed by atoms with van der Waals surface area (Å²) in [7, 11) is 1.70. The van der Waals surface area contributed by atoms with Crippen LogP contribution in [-0.4, -0.2) is 40.9 Å². The zero-order valence-corrected chi connectivity index (χ0v) is 16.6. The summed E-state index contributed by atoms with van der Waals surface area (Å²) in [6.45, 7) is 5.97. The minimum Gasteiger partial charge on any atom is -0.385 e. The minimum atomic E-state index is -0.0853. The van der Waals surface area contributed by atoms with Gasteiger partial charge in [-0.05, 0) is 38.5 Å². The highest BCUT2D eigenvalue weighted by molar-refractivity contribution is 5.95. The van der Waals surface area contributed by atoms with Crippen LogP contribution >= 0.6 is 0 Å². The van der Waals surface area contributed by atoms with E-state index in [0.29, 0.717) is 36.9 Å². The van der Waals surface area contributed by atoms with E-state index in [-0.39, 0.29) is 5.91 Å². The summed E-state index contributed by atoms with van der Waals surface area (Å²) in [6.07, 6.45) is 1.42. The first-order valence-corrected chi connectivity index (χ1v) is 9.42. The SMILES string of the molecule is COCCCn1c(C)cc(C(=O)NCCc2noc(-c3ccccc3)n2)c1C. The Morgan fingerprint density at radius 3 is 2.79 bits per heavy atom. The van der Waals surface area contributed by atoms with E-state index in [1.165, 1.54) is 0 Å². The summed E-state index contributed by atoms with van der Waals surface area (Å²) in [5.74, 6) is 0.976. The quantitative estimate of drug-likeness (QED) is 0.575. The smallest absolute Gasteiger partial charge is 0.257 e. The van der Waals surface area contributed by atoms with Gasteiger partial charge in [-0.25, -0.2) is 0 Å². The van der Waals surface area contributed by atoms with Crippen molar-refractivity contribution in [2.75, 3.05) is 20.3 Å². The van der Waals surface area contributed by atoms with Crippen LogP contribution < -0.4 is 5.32 Å². The third-order valence-electron chi connectivity index (χ3n) is 4.67. The summed E-state index contributed by atoms with van der Waals surface area (Å²) in [5.41, 5.74) is 3.63. The number of nitrogens with zero attached hydrogens (tertiary/aromatic N) is 3. The molecule has 1 aromatic carbocycles. The molecule has 0 unspecified atom stereocenters. The minimum absolute atomic E-state index is 0.0853. The lowest BCUT2D eigenvalue weighted by molar-refractivity contribution is 0.0953. The predicted molar refractivity (Wildman–Crippen MR) is 106 cm³/mol. The molecule has 3 aromatic rings. The number of ether oxygens (including phenoxy) is 1. The highest BCUT2D eigenvalue weighted by Crippen LogP contribution is 2.17. The number of amides is 1. The van der Waals surface area contributed by atoms with E-state index in [1.54, 1.807) is 7.11 Å². The standard InChI is InChI=1S/C21H26N4O3/c1-15-14-18(16(2)25(15)12-7-13-27-3)20(26)22-11-10-19-23-21(28-24-19)17-8-5-4-6-9-17/h4-6,8-9,14H,7,10-13H2,1-3H3,(H,22,26). The summed E-state index contributed by atoms with van der Waals surface area (Å²) in [4.78, 5) is 16.9. The maximum absolute atomic E-state index is 12.6. The molecule has 0 bridgehead atoms. The fourth-order valence-corrected chi connectivity index (χ4v) is 3.18. The number of nitrogens with one attached hydrogen (secondary N) is 1. The highest BCUT2D eigenvalue weighted by Gasteiger charge is 2.16. The summed E-state index contributed by atoms with van der Waals surface area (Å²) < 4.78 is 12.6. The maximum atomic E-state index is 12.6. The average Bonchev–Trinajstić information content (AvgIpc) is 3.28. The van der Waals surface area contributed by atoms with E-state index in [0.717, 1.165) is 29.9 Å². The number of aryl methyl sites for hydroxylation is 1. The van der Waals surface area contributed by atoms with E-state index >= 15 is 0 Å². The number of methoxy groups -OCH3 is 1. The van der Waals surface area contributed by atoms with Gasteiger partial charge in [-0.15, -0.1) is 0 Å². The monoisotopic (exact) mass is 382 g/mol. The normalized spacial score (nSPS) is 11.0. The van der Waals surface area contributed by atoms with Gasteiger partial charge in [-0.3, -0.25) is 4.79 Å². The second-order valence-electron chi connectivity index (χ2n) is 6.67. The fourth-order valence-electron chi connectivity index (χ4n) is 3.18. The molecule has 2 heterocycles. The molecule has 0 radical (unpaired) electrons. The van der Waals surface area contributed by atoms with Crippen molar-refractivity contribution in [3.05, 3.63) is 59.2 Å². The fraction of sp³-hybridized carbons (Fsp3) is 0.381. The molecule has 0 saturated carbocycles. The zero-order valence-electron chi connectivity index (χ0n) is 16.6. The summed E-state index contributed by atoms with van der Waals surface area (Å²) in [6, 6.07) is 11.5. The van der Waals surface area contributed by atoms with Crippen LogP contribution in [0.15, 0.2) is 40.9 Å². The van der Waals surface area contributed by atoms with Gasteiger partial charge >= 0.3 is 0 Å². The lowest BCUT2D eigenvalue weighted by atomic mass is 10.2. The third-order valence-corrected chi connectivity index (χ3v) is 4.67. The first-order chi connectivity index (χ1) is 13.6. The van der Waals surface area contributed by atoms with Crippen LogP contribution in [0.1, 0.15) is 34.0 Å². The van der Waals surface area contributed by atoms with Gasteiger partial charge in [0.1, 0.15) is 0 Å². The Kier molecular flexibility index (Phi) is 6.60. The molecule has 0 aliphatic carbocycles. The molecule has 7 heteroatoms. The van der Waals surface area contributed by atoms with Crippen LogP contribution in [0.2, 0.25) is 0 Å². The Labute approximate surface area is 164 Å². The Morgan fingerprint density at radius 1 is 1.25 bits per heavy atom. The van der Waals surface area contributed by atoms with Crippen molar-refractivity contribution >= 4 is 5.91 Å². The molecule has 0 spiro atoms. The third kappa shape index (κ3) is 4.67. The largest absolute Gasteiger partial charge is 0.385 e. The lowest BCUT2D eigenvalue weighted by Gasteiger charge is -2.09. The average molecular weight is 382 g/mol. The van der Waals surface area contributed by atoms with Gasteiger partial charge in [-0.2, -0.15) is 4.98 Å². The zero-order chi connectivity index (χ0) is 19.9. The van der Waals surface area contributed by atoms with Crippen molar-refractivity contribution in [3.8, 4) is 11.5 Å². The Balaban J connectivity index is 1.55. The molecule has 0 atom stereocenters. The maximum Gasteiger partial charge on any atom is 0.257 e. The molecule has 1 amide bonds. The first kappa shape index (κ1) is 19.8. The van der Waals surface area contributed by atoms with Crippen molar-refractivity contribution in [1.29, 1.82) is 0 Å². The van der Waals surface area contributed by atoms with Gasteiger partial charge < -0.3 is 19.1 Å². The Bertz CT molecular complexity index is 915. The number of hydrogen-bond acceptors (Lipinski definition) is 5. The van der Waals surface area contributed by atoms with E-state index in [9.17, 15) is 4.79 Å². The van der Waals surface area contributed by atoms with Crippen LogP contribution in [0, 0.1) is 13.8 Å². The number of benzene rings is 1. The van der Waals surface area contributed by atoms with Crippen molar-refractivity contribution in [3.63, 3.8) is 0 Å². The molecule has 0 aliphatic rings. The number of hydrogen-bond donors (Lipinski definition) is 1. The Morgan fingerprint density at radius 2 is 2.04 bits per heavy atom. The second-order valence-corrected chi connectivity index (χ2v) is 6.67. The molecule has 28 heavy (non-hydrogen) atoms. The van der Waals surface area contributed by atoms with Crippen LogP contribution in [0.5, 0.6) is 0 Å². The predicted octanol–water partition coefficient (Wildman–Crippen LogP) is 3.16. The topological polar surface area (TPSA) is 82.2 Å². The lowest BCUT2D eigenvalue weighted by Crippen LogP contribution is -2.26. The second kappa shape index (κ2) is 9.32. The molecule has 0 aliphatic heterocycles. The molecule has 148 valence electrons. The van der Waals surface area contributed by atoms with Gasteiger partial charge in [0.25, 0.3) is 11.8 Å². The van der Waals surface area contributed by atoms with Crippen LogP contribution in [-0.2, 0) is 17.7 Å². The molecule has 7 nitrogen and oxygen atoms in total. The molecular formula is C21H26N4O3. The van der Waals surface area contributed by atoms with Crippen molar-refractivity contribution in [1.82, 2.24) is 20.0 Å². The molecule has 3 rings (SSSR count). The number of aromatic nitrogens is 3. The van der Waals surface area contributed by atoms with E-state index < -0.39 is 0 Å². The van der Waals surface area contributed by atoms with Crippen molar-refractivity contribution in [2.24, 2.45) is 0 Å². The van der Waals surface area contributed by atoms with Crippen molar-refractivity contribution in [2.45, 2.75) is 33.2 Å². The number of carbonyl (C=O) groups excluding carboxylic acids is 1. The first-order valence-electron chi connectivity index (χ1n) is 9.42. The van der Waals surface area contributed by atoms with Crippen LogP contribution in [0.3, 0.4) is 0 Å². The van der Waals surface area contributed by atoms with Crippen molar-refractivity contribution < 1.29 is 14.1 Å². The van der Waals surface area contributed by atoms with Crippen LogP contribution in [0.25, 0.3) is 11.5 Å². The van der Waals surface area contributed by atoms with E-state index in [4.69, 9.17) is 9.26 Å².